The molecule has 1 fully saturated rings. The summed E-state index contributed by atoms with van der Waals surface area (Å²) in [6.07, 6.45) is 1.51. The largest absolute Gasteiger partial charge is 0.465 e. The molecule has 0 bridgehead atoms. The molecule has 1 aliphatic heterocycles. The van der Waals surface area contributed by atoms with Gasteiger partial charge in [-0.1, -0.05) is 29.4 Å². The molecule has 0 aliphatic carbocycles. The van der Waals surface area contributed by atoms with Gasteiger partial charge in [-0.25, -0.2) is 4.79 Å². The first-order valence-corrected chi connectivity index (χ1v) is 10.6. The third kappa shape index (κ3) is 5.03. The van der Waals surface area contributed by atoms with Crippen molar-refractivity contribution in [3.8, 4) is 11.4 Å². The number of hydrogen-bond donors (Lipinski definition) is 1. The van der Waals surface area contributed by atoms with Crippen molar-refractivity contribution in [1.29, 1.82) is 0 Å². The van der Waals surface area contributed by atoms with E-state index in [2.05, 4.69) is 25.1 Å². The molecule has 0 radical (unpaired) electrons. The lowest BCUT2D eigenvalue weighted by Crippen LogP contribution is -2.37. The Bertz CT molecular complexity index is 1090. The number of benzene rings is 2. The molecule has 0 spiro atoms. The number of likely N-dealkylation sites (tertiary alicyclic amines) is 1. The van der Waals surface area contributed by atoms with E-state index in [-0.39, 0.29) is 11.8 Å². The SMILES string of the molecule is COC(=O)c1ccc(NC(=O)C2CCN(Cc3nc(-c4ccccc4C)no3)CC2)cc1. The molecular formula is C24H26N4O4. The summed E-state index contributed by atoms with van der Waals surface area (Å²) in [6.45, 7) is 4.15. The van der Waals surface area contributed by atoms with Crippen molar-refractivity contribution in [2.75, 3.05) is 25.5 Å². The number of rotatable bonds is 6. The Morgan fingerprint density at radius 2 is 1.84 bits per heavy atom. The van der Waals surface area contributed by atoms with Gasteiger partial charge in [-0.3, -0.25) is 9.69 Å². The number of anilines is 1. The van der Waals surface area contributed by atoms with Crippen molar-refractivity contribution in [3.63, 3.8) is 0 Å². The summed E-state index contributed by atoms with van der Waals surface area (Å²) >= 11 is 0. The third-order valence-electron chi connectivity index (χ3n) is 5.74. The number of aryl methyl sites for hydroxylation is 1. The molecular weight excluding hydrogens is 408 g/mol. The Morgan fingerprint density at radius 1 is 1.12 bits per heavy atom. The molecule has 1 amide bonds. The number of aromatic nitrogens is 2. The predicted molar refractivity (Wildman–Crippen MR) is 119 cm³/mol. The van der Waals surface area contributed by atoms with Crippen LogP contribution in [0.5, 0.6) is 0 Å². The highest BCUT2D eigenvalue weighted by atomic mass is 16.5. The summed E-state index contributed by atoms with van der Waals surface area (Å²) in [5.74, 6) is 0.719. The van der Waals surface area contributed by atoms with Crippen LogP contribution in [0, 0.1) is 12.8 Å². The van der Waals surface area contributed by atoms with Crippen LogP contribution in [-0.4, -0.2) is 47.1 Å². The zero-order chi connectivity index (χ0) is 22.5. The highest BCUT2D eigenvalue weighted by Crippen LogP contribution is 2.23. The van der Waals surface area contributed by atoms with Gasteiger partial charge in [0.2, 0.25) is 17.6 Å². The Kier molecular flexibility index (Phi) is 6.61. The molecule has 0 atom stereocenters. The molecule has 0 unspecified atom stereocenters. The van der Waals surface area contributed by atoms with E-state index in [0.29, 0.717) is 29.5 Å². The fourth-order valence-electron chi connectivity index (χ4n) is 3.85. The number of carbonyl (C=O) groups excluding carboxylic acids is 2. The van der Waals surface area contributed by atoms with Crippen molar-refractivity contribution in [2.45, 2.75) is 26.3 Å². The van der Waals surface area contributed by atoms with E-state index in [1.54, 1.807) is 24.3 Å². The van der Waals surface area contributed by atoms with Gasteiger partial charge >= 0.3 is 5.97 Å². The monoisotopic (exact) mass is 434 g/mol. The second kappa shape index (κ2) is 9.74. The average Bonchev–Trinajstić information content (AvgIpc) is 3.28. The van der Waals surface area contributed by atoms with Crippen LogP contribution >= 0.6 is 0 Å². The second-order valence-electron chi connectivity index (χ2n) is 7.94. The minimum atomic E-state index is -0.400. The van der Waals surface area contributed by atoms with Crippen LogP contribution in [0.2, 0.25) is 0 Å². The number of amides is 1. The summed E-state index contributed by atoms with van der Waals surface area (Å²) < 4.78 is 10.1. The van der Waals surface area contributed by atoms with Crippen molar-refractivity contribution >= 4 is 17.6 Å². The van der Waals surface area contributed by atoms with E-state index in [1.165, 1.54) is 7.11 Å². The van der Waals surface area contributed by atoms with Gasteiger partial charge in [-0.05, 0) is 62.7 Å². The summed E-state index contributed by atoms with van der Waals surface area (Å²) in [4.78, 5) is 30.9. The lowest BCUT2D eigenvalue weighted by Gasteiger charge is -2.30. The number of esters is 1. The molecule has 1 aliphatic rings. The molecule has 8 heteroatoms. The lowest BCUT2D eigenvalue weighted by atomic mass is 9.96. The van der Waals surface area contributed by atoms with Crippen LogP contribution in [0.1, 0.15) is 34.7 Å². The molecule has 3 aromatic rings. The maximum atomic E-state index is 12.6. The van der Waals surface area contributed by atoms with E-state index in [0.717, 1.165) is 37.1 Å². The summed E-state index contributed by atoms with van der Waals surface area (Å²) in [6, 6.07) is 14.6. The maximum absolute atomic E-state index is 12.6. The molecule has 0 saturated carbocycles. The average molecular weight is 434 g/mol. The number of carbonyl (C=O) groups is 2. The van der Waals surface area contributed by atoms with Gasteiger partial charge in [0.15, 0.2) is 0 Å². The summed E-state index contributed by atoms with van der Waals surface area (Å²) in [5.41, 5.74) is 3.19. The molecule has 4 rings (SSSR count). The number of piperidine rings is 1. The van der Waals surface area contributed by atoms with Gasteiger partial charge in [-0.15, -0.1) is 0 Å². The van der Waals surface area contributed by atoms with Crippen molar-refractivity contribution in [3.05, 3.63) is 65.5 Å². The minimum absolute atomic E-state index is 0.00454. The number of methoxy groups -OCH3 is 1. The first-order valence-electron chi connectivity index (χ1n) is 10.6. The van der Waals surface area contributed by atoms with Gasteiger partial charge in [0.1, 0.15) is 0 Å². The molecule has 1 saturated heterocycles. The van der Waals surface area contributed by atoms with Gasteiger partial charge in [-0.2, -0.15) is 4.98 Å². The Morgan fingerprint density at radius 3 is 2.53 bits per heavy atom. The van der Waals surface area contributed by atoms with Crippen LogP contribution in [0.15, 0.2) is 53.1 Å². The van der Waals surface area contributed by atoms with E-state index >= 15 is 0 Å². The third-order valence-corrected chi connectivity index (χ3v) is 5.74. The standard InChI is InChI=1S/C24H26N4O4/c1-16-5-3-4-6-20(16)22-26-21(32-27-22)15-28-13-11-17(12-14-28)23(29)25-19-9-7-18(8-10-19)24(30)31-2/h3-10,17H,11-15H2,1-2H3,(H,25,29). The Balaban J connectivity index is 1.27. The van der Waals surface area contributed by atoms with Crippen LogP contribution in [-0.2, 0) is 16.1 Å². The van der Waals surface area contributed by atoms with Crippen LogP contribution < -0.4 is 5.32 Å². The molecule has 32 heavy (non-hydrogen) atoms. The summed E-state index contributed by atoms with van der Waals surface area (Å²) in [5, 5.41) is 7.06. The van der Waals surface area contributed by atoms with E-state index in [9.17, 15) is 9.59 Å². The smallest absolute Gasteiger partial charge is 0.337 e. The van der Waals surface area contributed by atoms with E-state index in [1.807, 2.05) is 31.2 Å². The van der Waals surface area contributed by atoms with Gasteiger partial charge < -0.3 is 14.6 Å². The summed E-state index contributed by atoms with van der Waals surface area (Å²) in [7, 11) is 1.34. The molecule has 166 valence electrons. The van der Waals surface area contributed by atoms with E-state index in [4.69, 9.17) is 4.52 Å². The van der Waals surface area contributed by atoms with Crippen molar-refractivity contribution < 1.29 is 18.8 Å². The number of hydrogen-bond acceptors (Lipinski definition) is 7. The van der Waals surface area contributed by atoms with Gasteiger partial charge in [0.25, 0.3) is 0 Å². The second-order valence-corrected chi connectivity index (χ2v) is 7.94. The zero-order valence-corrected chi connectivity index (χ0v) is 18.2. The molecule has 2 heterocycles. The topological polar surface area (TPSA) is 97.6 Å². The number of ether oxygens (including phenoxy) is 1. The molecule has 1 N–H and O–H groups in total. The fourth-order valence-corrected chi connectivity index (χ4v) is 3.85. The number of nitrogens with zero attached hydrogens (tertiary/aromatic N) is 3. The molecule has 1 aromatic heterocycles. The molecule has 8 nitrogen and oxygen atoms in total. The van der Waals surface area contributed by atoms with Crippen molar-refractivity contribution in [1.82, 2.24) is 15.0 Å². The van der Waals surface area contributed by atoms with Crippen LogP contribution in [0.4, 0.5) is 5.69 Å². The van der Waals surface area contributed by atoms with Gasteiger partial charge in [0.05, 0.1) is 19.2 Å². The van der Waals surface area contributed by atoms with Gasteiger partial charge in [0, 0.05) is 17.2 Å². The maximum Gasteiger partial charge on any atom is 0.337 e. The first-order chi connectivity index (χ1) is 15.5. The quantitative estimate of drug-likeness (QED) is 0.591. The molecule has 2 aromatic carbocycles. The Hall–Kier alpha value is -3.52. The highest BCUT2D eigenvalue weighted by molar-refractivity contribution is 5.94. The predicted octanol–water partition coefficient (Wildman–Crippen LogP) is 3.68. The van der Waals surface area contributed by atoms with Crippen LogP contribution in [0.3, 0.4) is 0 Å². The highest BCUT2D eigenvalue weighted by Gasteiger charge is 2.26. The normalized spacial score (nSPS) is 14.8. The Labute approximate surface area is 186 Å². The van der Waals surface area contributed by atoms with E-state index < -0.39 is 5.97 Å². The fraction of sp³-hybridized carbons (Fsp3) is 0.333. The zero-order valence-electron chi connectivity index (χ0n) is 18.2. The number of nitrogens with one attached hydrogen (secondary N) is 1. The van der Waals surface area contributed by atoms with Crippen molar-refractivity contribution in [2.24, 2.45) is 5.92 Å². The minimum Gasteiger partial charge on any atom is -0.465 e. The first kappa shape index (κ1) is 21.7. The lowest BCUT2D eigenvalue weighted by molar-refractivity contribution is -0.121. The van der Waals surface area contributed by atoms with Crippen LogP contribution in [0.25, 0.3) is 11.4 Å².